The highest BCUT2D eigenvalue weighted by Crippen LogP contribution is 2.39. The van der Waals surface area contributed by atoms with Crippen molar-refractivity contribution in [3.63, 3.8) is 0 Å². The van der Waals surface area contributed by atoms with Gasteiger partial charge in [0.15, 0.2) is 0 Å². The maximum Gasteiger partial charge on any atom is 0.118 e. The molecule has 0 bridgehead atoms. The van der Waals surface area contributed by atoms with E-state index in [9.17, 15) is 5.11 Å². The van der Waals surface area contributed by atoms with Crippen LogP contribution < -0.4 is 4.74 Å². The molecule has 0 amide bonds. The van der Waals surface area contributed by atoms with E-state index in [1.54, 1.807) is 13.2 Å². The van der Waals surface area contributed by atoms with Gasteiger partial charge in [0.05, 0.1) is 51.3 Å². The fourth-order valence-corrected chi connectivity index (χ4v) is 4.57. The highest BCUT2D eigenvalue weighted by molar-refractivity contribution is 5.26. The third-order valence-electron chi connectivity index (χ3n) is 6.49. The molecule has 0 radical (unpaired) electrons. The summed E-state index contributed by atoms with van der Waals surface area (Å²) in [7, 11) is 1.65. The summed E-state index contributed by atoms with van der Waals surface area (Å²) in [6, 6.07) is 17.9. The van der Waals surface area contributed by atoms with Crippen LogP contribution in [0, 0.1) is 0 Å². The Hall–Kier alpha value is -2.22. The van der Waals surface area contributed by atoms with Crippen LogP contribution in [0.4, 0.5) is 0 Å². The standard InChI is InChI=1S/C27H34O6/c1-4-23-22(28)14-25-24(32-23)15-26(31-17-19-8-6-5-7-9-19)27(2,33-25)18-30-16-20-10-12-21(29-3)13-11-20/h4-13,22-26,28H,1,14-18H2,2-3H3/t22-,23+,24-,25+,26+,27-/m1/s1. The van der Waals surface area contributed by atoms with Gasteiger partial charge in [-0.2, -0.15) is 0 Å². The molecule has 0 aliphatic carbocycles. The van der Waals surface area contributed by atoms with Crippen LogP contribution in [-0.2, 0) is 32.2 Å². The molecule has 0 unspecified atom stereocenters. The molecule has 2 aliphatic rings. The summed E-state index contributed by atoms with van der Waals surface area (Å²) in [5, 5.41) is 10.4. The van der Waals surface area contributed by atoms with Gasteiger partial charge in [0.1, 0.15) is 17.5 Å². The Bertz CT molecular complexity index is 885. The molecule has 178 valence electrons. The normalized spacial score (nSPS) is 31.5. The topological polar surface area (TPSA) is 66.4 Å². The van der Waals surface area contributed by atoms with Gasteiger partial charge in [-0.15, -0.1) is 6.58 Å². The zero-order chi connectivity index (χ0) is 23.3. The molecule has 0 saturated carbocycles. The lowest BCUT2D eigenvalue weighted by Gasteiger charge is -2.51. The molecule has 33 heavy (non-hydrogen) atoms. The zero-order valence-electron chi connectivity index (χ0n) is 19.4. The van der Waals surface area contributed by atoms with E-state index in [1.165, 1.54) is 0 Å². The molecule has 2 aromatic rings. The van der Waals surface area contributed by atoms with Crippen LogP contribution in [0.2, 0.25) is 0 Å². The molecule has 6 atom stereocenters. The van der Waals surface area contributed by atoms with E-state index in [1.807, 2.05) is 61.5 Å². The first-order valence-electron chi connectivity index (χ1n) is 11.5. The molecule has 2 aliphatic heterocycles. The van der Waals surface area contributed by atoms with Crippen molar-refractivity contribution in [1.82, 2.24) is 0 Å². The van der Waals surface area contributed by atoms with E-state index in [-0.39, 0.29) is 24.4 Å². The predicted molar refractivity (Wildman–Crippen MR) is 125 cm³/mol. The molecular weight excluding hydrogens is 420 g/mol. The Morgan fingerprint density at radius 2 is 1.76 bits per heavy atom. The van der Waals surface area contributed by atoms with E-state index in [0.717, 1.165) is 16.9 Å². The minimum Gasteiger partial charge on any atom is -0.497 e. The average molecular weight is 455 g/mol. The van der Waals surface area contributed by atoms with Gasteiger partial charge >= 0.3 is 0 Å². The van der Waals surface area contributed by atoms with Gasteiger partial charge in [-0.3, -0.25) is 0 Å². The lowest BCUT2D eigenvalue weighted by Crippen LogP contribution is -2.62. The van der Waals surface area contributed by atoms with Crippen LogP contribution in [0.3, 0.4) is 0 Å². The highest BCUT2D eigenvalue weighted by atomic mass is 16.6. The molecule has 6 nitrogen and oxygen atoms in total. The molecule has 6 heteroatoms. The number of ether oxygens (including phenoxy) is 5. The van der Waals surface area contributed by atoms with Gasteiger partial charge in [-0.05, 0) is 30.2 Å². The fraction of sp³-hybridized carbons (Fsp3) is 0.481. The Morgan fingerprint density at radius 1 is 1.03 bits per heavy atom. The molecule has 2 saturated heterocycles. The van der Waals surface area contributed by atoms with Gasteiger partial charge in [0.25, 0.3) is 0 Å². The first-order valence-corrected chi connectivity index (χ1v) is 11.5. The molecule has 0 spiro atoms. The van der Waals surface area contributed by atoms with Crippen molar-refractivity contribution in [1.29, 1.82) is 0 Å². The predicted octanol–water partition coefficient (Wildman–Crippen LogP) is 4.05. The third kappa shape index (κ3) is 5.83. The van der Waals surface area contributed by atoms with E-state index in [2.05, 4.69) is 6.58 Å². The van der Waals surface area contributed by atoms with E-state index in [0.29, 0.717) is 32.7 Å². The Kier molecular flexibility index (Phi) is 7.83. The van der Waals surface area contributed by atoms with Crippen LogP contribution in [0.5, 0.6) is 5.75 Å². The van der Waals surface area contributed by atoms with Gasteiger partial charge < -0.3 is 28.8 Å². The third-order valence-corrected chi connectivity index (χ3v) is 6.49. The lowest BCUT2D eigenvalue weighted by molar-refractivity contribution is -0.286. The van der Waals surface area contributed by atoms with Crippen LogP contribution in [-0.4, -0.2) is 54.9 Å². The second kappa shape index (κ2) is 10.8. The largest absolute Gasteiger partial charge is 0.497 e. The summed E-state index contributed by atoms with van der Waals surface area (Å²) < 4.78 is 30.3. The molecule has 0 aromatic heterocycles. The second-order valence-corrected chi connectivity index (χ2v) is 9.01. The second-order valence-electron chi connectivity index (χ2n) is 9.01. The summed E-state index contributed by atoms with van der Waals surface area (Å²) in [5.41, 5.74) is 1.48. The average Bonchev–Trinajstić information content (AvgIpc) is 2.83. The first kappa shape index (κ1) is 23.9. The number of hydrogen-bond donors (Lipinski definition) is 1. The number of aliphatic hydroxyl groups excluding tert-OH is 1. The van der Waals surface area contributed by atoms with Crippen molar-refractivity contribution in [2.45, 2.75) is 69.1 Å². The van der Waals surface area contributed by atoms with Crippen molar-refractivity contribution in [3.05, 3.63) is 78.4 Å². The maximum absolute atomic E-state index is 10.4. The summed E-state index contributed by atoms with van der Waals surface area (Å²) >= 11 is 0. The van der Waals surface area contributed by atoms with Crippen molar-refractivity contribution >= 4 is 0 Å². The Balaban J connectivity index is 1.44. The Morgan fingerprint density at radius 3 is 2.45 bits per heavy atom. The number of hydrogen-bond acceptors (Lipinski definition) is 6. The monoisotopic (exact) mass is 454 g/mol. The lowest BCUT2D eigenvalue weighted by atomic mass is 9.84. The number of methoxy groups -OCH3 is 1. The fourth-order valence-electron chi connectivity index (χ4n) is 4.57. The number of fused-ring (bicyclic) bond motifs is 1. The minimum absolute atomic E-state index is 0.160. The smallest absolute Gasteiger partial charge is 0.118 e. The van der Waals surface area contributed by atoms with Gasteiger partial charge in [-0.25, -0.2) is 0 Å². The molecule has 2 aromatic carbocycles. The summed E-state index contributed by atoms with van der Waals surface area (Å²) in [6.07, 6.45) is 1.20. The van der Waals surface area contributed by atoms with Crippen LogP contribution in [0.15, 0.2) is 67.3 Å². The molecule has 2 heterocycles. The molecule has 2 fully saturated rings. The quantitative estimate of drug-likeness (QED) is 0.577. The highest BCUT2D eigenvalue weighted by Gasteiger charge is 2.50. The first-order chi connectivity index (χ1) is 16.0. The van der Waals surface area contributed by atoms with Gasteiger partial charge in [0.2, 0.25) is 0 Å². The summed E-state index contributed by atoms with van der Waals surface area (Å²) in [6.45, 7) is 7.12. The SMILES string of the molecule is C=C[C@@H]1O[C@@H]2C[C@H](OCc3ccccc3)[C@@](C)(COCc3ccc(OC)cc3)O[C@H]2C[C@H]1O. The van der Waals surface area contributed by atoms with Crippen molar-refractivity contribution in [2.75, 3.05) is 13.7 Å². The summed E-state index contributed by atoms with van der Waals surface area (Å²) in [4.78, 5) is 0. The zero-order valence-corrected chi connectivity index (χ0v) is 19.4. The number of benzene rings is 2. The molecule has 4 rings (SSSR count). The van der Waals surface area contributed by atoms with Crippen molar-refractivity contribution < 1.29 is 28.8 Å². The van der Waals surface area contributed by atoms with Crippen molar-refractivity contribution in [2.24, 2.45) is 0 Å². The van der Waals surface area contributed by atoms with E-state index < -0.39 is 11.7 Å². The molecule has 1 N–H and O–H groups in total. The Labute approximate surface area is 196 Å². The van der Waals surface area contributed by atoms with Crippen LogP contribution in [0.25, 0.3) is 0 Å². The van der Waals surface area contributed by atoms with Crippen LogP contribution >= 0.6 is 0 Å². The molecular formula is C27H34O6. The minimum atomic E-state index is -0.674. The maximum atomic E-state index is 10.4. The van der Waals surface area contributed by atoms with Gasteiger partial charge in [0, 0.05) is 12.8 Å². The summed E-state index contributed by atoms with van der Waals surface area (Å²) in [5.74, 6) is 0.815. The van der Waals surface area contributed by atoms with E-state index in [4.69, 9.17) is 23.7 Å². The number of rotatable bonds is 9. The van der Waals surface area contributed by atoms with E-state index >= 15 is 0 Å². The number of aliphatic hydroxyl groups is 1. The van der Waals surface area contributed by atoms with Crippen LogP contribution in [0.1, 0.15) is 30.9 Å². The van der Waals surface area contributed by atoms with Crippen molar-refractivity contribution in [3.8, 4) is 5.75 Å². The van der Waals surface area contributed by atoms with Gasteiger partial charge in [-0.1, -0.05) is 48.5 Å².